The fraction of sp³-hybridized carbons (Fsp3) is 0.562. The van der Waals surface area contributed by atoms with E-state index in [2.05, 4.69) is 5.32 Å². The van der Waals surface area contributed by atoms with Crippen LogP contribution in [0.4, 0.5) is 4.79 Å². The second kappa shape index (κ2) is 8.52. The molecule has 1 heterocycles. The number of likely N-dealkylation sites (tertiary alicyclic amines) is 1. The highest BCUT2D eigenvalue weighted by Gasteiger charge is 2.27. The molecule has 21 heavy (non-hydrogen) atoms. The lowest BCUT2D eigenvalue weighted by Gasteiger charge is -2.18. The fourth-order valence-corrected chi connectivity index (χ4v) is 2.33. The van der Waals surface area contributed by atoms with Crippen LogP contribution in [0.2, 0.25) is 0 Å². The predicted molar refractivity (Wildman–Crippen MR) is 81.6 cm³/mol. The summed E-state index contributed by atoms with van der Waals surface area (Å²) in [5.74, 6) is 0.862. The molecule has 0 radical (unpaired) electrons. The van der Waals surface area contributed by atoms with E-state index in [9.17, 15) is 4.79 Å². The summed E-state index contributed by atoms with van der Waals surface area (Å²) >= 11 is 0. The van der Waals surface area contributed by atoms with Gasteiger partial charge in [0, 0.05) is 32.7 Å². The molecule has 1 saturated heterocycles. The zero-order valence-corrected chi connectivity index (χ0v) is 12.6. The van der Waals surface area contributed by atoms with Gasteiger partial charge < -0.3 is 19.7 Å². The Morgan fingerprint density at radius 1 is 1.38 bits per heavy atom. The smallest absolute Gasteiger partial charge is 0.317 e. The number of hydrogen-bond acceptors (Lipinski definition) is 3. The van der Waals surface area contributed by atoms with E-state index in [-0.39, 0.29) is 12.1 Å². The van der Waals surface area contributed by atoms with E-state index < -0.39 is 0 Å². The standard InChI is InChI=1S/C16H24N2O3/c1-2-20-12-6-10-17-16(19)18-11-9-15(13-18)21-14-7-4-3-5-8-14/h3-5,7-8,15H,2,6,9-13H2,1H3,(H,17,19). The minimum Gasteiger partial charge on any atom is -0.489 e. The summed E-state index contributed by atoms with van der Waals surface area (Å²) in [6.45, 7) is 5.42. The van der Waals surface area contributed by atoms with Crippen LogP contribution in [0.3, 0.4) is 0 Å². The van der Waals surface area contributed by atoms with E-state index in [0.717, 1.165) is 31.7 Å². The number of nitrogens with one attached hydrogen (secondary N) is 1. The summed E-state index contributed by atoms with van der Waals surface area (Å²) in [6, 6.07) is 9.74. The van der Waals surface area contributed by atoms with Crippen LogP contribution in [0.25, 0.3) is 0 Å². The van der Waals surface area contributed by atoms with E-state index in [0.29, 0.717) is 19.7 Å². The number of benzene rings is 1. The van der Waals surface area contributed by atoms with Crippen LogP contribution >= 0.6 is 0 Å². The first-order chi connectivity index (χ1) is 10.3. The van der Waals surface area contributed by atoms with Crippen molar-refractivity contribution in [3.8, 4) is 5.75 Å². The zero-order chi connectivity index (χ0) is 14.9. The molecule has 2 amide bonds. The van der Waals surface area contributed by atoms with Gasteiger partial charge in [-0.15, -0.1) is 0 Å². The van der Waals surface area contributed by atoms with Gasteiger partial charge >= 0.3 is 6.03 Å². The summed E-state index contributed by atoms with van der Waals surface area (Å²) in [4.78, 5) is 13.8. The minimum absolute atomic E-state index is 0.00865. The Balaban J connectivity index is 1.66. The monoisotopic (exact) mass is 292 g/mol. The fourth-order valence-electron chi connectivity index (χ4n) is 2.33. The number of carbonyl (C=O) groups excluding carboxylic acids is 1. The van der Waals surface area contributed by atoms with E-state index >= 15 is 0 Å². The first-order valence-corrected chi connectivity index (χ1v) is 7.62. The zero-order valence-electron chi connectivity index (χ0n) is 12.6. The van der Waals surface area contributed by atoms with Gasteiger partial charge in [0.2, 0.25) is 0 Å². The quantitative estimate of drug-likeness (QED) is 0.784. The highest BCUT2D eigenvalue weighted by Crippen LogP contribution is 2.17. The van der Waals surface area contributed by atoms with E-state index in [1.165, 1.54) is 0 Å². The number of amides is 2. The number of nitrogens with zero attached hydrogens (tertiary/aromatic N) is 1. The number of rotatable bonds is 7. The van der Waals surface area contributed by atoms with E-state index in [1.807, 2.05) is 42.2 Å². The van der Waals surface area contributed by atoms with Gasteiger partial charge in [-0.05, 0) is 25.5 Å². The lowest BCUT2D eigenvalue weighted by Crippen LogP contribution is -2.40. The maximum absolute atomic E-state index is 12.0. The molecule has 0 saturated carbocycles. The van der Waals surface area contributed by atoms with Gasteiger partial charge in [-0.25, -0.2) is 4.79 Å². The molecule has 0 spiro atoms. The molecule has 0 aliphatic carbocycles. The van der Waals surface area contributed by atoms with Crippen LogP contribution in [-0.4, -0.2) is 49.9 Å². The molecule has 5 heteroatoms. The first-order valence-electron chi connectivity index (χ1n) is 7.62. The number of urea groups is 1. The SMILES string of the molecule is CCOCCCNC(=O)N1CCC(Oc2ccccc2)C1. The van der Waals surface area contributed by atoms with Gasteiger partial charge in [0.25, 0.3) is 0 Å². The molecular formula is C16H24N2O3. The van der Waals surface area contributed by atoms with Gasteiger partial charge in [-0.3, -0.25) is 0 Å². The van der Waals surface area contributed by atoms with Crippen LogP contribution in [0.15, 0.2) is 30.3 Å². The molecule has 0 aromatic heterocycles. The summed E-state index contributed by atoms with van der Waals surface area (Å²) in [5, 5.41) is 2.92. The molecule has 1 aliphatic heterocycles. The second-order valence-corrected chi connectivity index (χ2v) is 5.07. The normalized spacial score (nSPS) is 17.8. The van der Waals surface area contributed by atoms with Crippen LogP contribution in [0.5, 0.6) is 5.75 Å². The van der Waals surface area contributed by atoms with Crippen LogP contribution < -0.4 is 10.1 Å². The van der Waals surface area contributed by atoms with Crippen molar-refractivity contribution in [2.45, 2.75) is 25.9 Å². The average molecular weight is 292 g/mol. The molecule has 1 aromatic carbocycles. The van der Waals surface area contributed by atoms with Crippen molar-refractivity contribution in [2.75, 3.05) is 32.8 Å². The van der Waals surface area contributed by atoms with Gasteiger partial charge in [-0.1, -0.05) is 18.2 Å². The molecule has 1 aliphatic rings. The largest absolute Gasteiger partial charge is 0.489 e. The number of para-hydroxylation sites is 1. The molecule has 5 nitrogen and oxygen atoms in total. The topological polar surface area (TPSA) is 50.8 Å². The third kappa shape index (κ3) is 5.27. The number of carbonyl (C=O) groups is 1. The van der Waals surface area contributed by atoms with Crippen molar-refractivity contribution in [2.24, 2.45) is 0 Å². The molecule has 2 rings (SSSR count). The Labute approximate surface area is 126 Å². The molecule has 1 fully saturated rings. The molecule has 1 atom stereocenters. The Hall–Kier alpha value is -1.75. The summed E-state index contributed by atoms with van der Waals surface area (Å²) in [5.41, 5.74) is 0. The van der Waals surface area contributed by atoms with E-state index in [4.69, 9.17) is 9.47 Å². The second-order valence-electron chi connectivity index (χ2n) is 5.07. The van der Waals surface area contributed by atoms with Crippen molar-refractivity contribution in [3.63, 3.8) is 0 Å². The van der Waals surface area contributed by atoms with Gasteiger partial charge in [-0.2, -0.15) is 0 Å². The Kier molecular flexibility index (Phi) is 6.34. The summed E-state index contributed by atoms with van der Waals surface area (Å²) in [6.07, 6.45) is 1.81. The van der Waals surface area contributed by atoms with Crippen LogP contribution in [0, 0.1) is 0 Å². The van der Waals surface area contributed by atoms with E-state index in [1.54, 1.807) is 0 Å². The lowest BCUT2D eigenvalue weighted by molar-refractivity contribution is 0.144. The Morgan fingerprint density at radius 3 is 2.95 bits per heavy atom. The van der Waals surface area contributed by atoms with Gasteiger partial charge in [0.1, 0.15) is 11.9 Å². The third-order valence-corrected chi connectivity index (χ3v) is 3.42. The van der Waals surface area contributed by atoms with Crippen molar-refractivity contribution in [1.29, 1.82) is 0 Å². The number of hydrogen-bond donors (Lipinski definition) is 1. The minimum atomic E-state index is -0.00865. The molecule has 1 N–H and O–H groups in total. The van der Waals surface area contributed by atoms with Crippen LogP contribution in [0.1, 0.15) is 19.8 Å². The Bertz CT molecular complexity index is 425. The van der Waals surface area contributed by atoms with Crippen molar-refractivity contribution < 1.29 is 14.3 Å². The number of ether oxygens (including phenoxy) is 2. The molecule has 0 bridgehead atoms. The average Bonchev–Trinajstić information content (AvgIpc) is 2.96. The maximum Gasteiger partial charge on any atom is 0.317 e. The first kappa shape index (κ1) is 15.6. The maximum atomic E-state index is 12.0. The summed E-state index contributed by atoms with van der Waals surface area (Å²) in [7, 11) is 0. The molecule has 1 aromatic rings. The van der Waals surface area contributed by atoms with Gasteiger partial charge in [0.15, 0.2) is 0 Å². The van der Waals surface area contributed by atoms with Crippen molar-refractivity contribution >= 4 is 6.03 Å². The highest BCUT2D eigenvalue weighted by molar-refractivity contribution is 5.74. The van der Waals surface area contributed by atoms with Gasteiger partial charge in [0.05, 0.1) is 6.54 Å². The third-order valence-electron chi connectivity index (χ3n) is 3.42. The molecular weight excluding hydrogens is 268 g/mol. The highest BCUT2D eigenvalue weighted by atomic mass is 16.5. The van der Waals surface area contributed by atoms with Crippen molar-refractivity contribution in [3.05, 3.63) is 30.3 Å². The predicted octanol–water partition coefficient (Wildman–Crippen LogP) is 2.28. The van der Waals surface area contributed by atoms with Crippen LogP contribution in [-0.2, 0) is 4.74 Å². The molecule has 1 unspecified atom stereocenters. The Morgan fingerprint density at radius 2 is 2.19 bits per heavy atom. The summed E-state index contributed by atoms with van der Waals surface area (Å²) < 4.78 is 11.1. The van der Waals surface area contributed by atoms with Crippen molar-refractivity contribution in [1.82, 2.24) is 10.2 Å². The lowest BCUT2D eigenvalue weighted by atomic mass is 10.3. The molecule has 116 valence electrons.